The Labute approximate surface area is 182 Å². The number of nitrogens with zero attached hydrogens (tertiary/aromatic N) is 1. The Balaban J connectivity index is 1.35. The minimum Gasteiger partial charge on any atom is -0.407 e. The summed E-state index contributed by atoms with van der Waals surface area (Å²) in [6, 6.07) is 8.13. The van der Waals surface area contributed by atoms with Crippen LogP contribution in [0.5, 0.6) is 0 Å². The summed E-state index contributed by atoms with van der Waals surface area (Å²) in [6.45, 7) is 0.128. The van der Waals surface area contributed by atoms with E-state index in [-0.39, 0.29) is 31.8 Å². The summed E-state index contributed by atoms with van der Waals surface area (Å²) in [4.78, 5) is 37.7. The first kappa shape index (κ1) is 21.7. The molecule has 3 amide bonds. The molecule has 0 saturated carbocycles. The molecule has 32 heavy (non-hydrogen) atoms. The maximum absolute atomic E-state index is 13.2. The average Bonchev–Trinajstić information content (AvgIpc) is 3.01. The molecule has 2 aliphatic rings. The van der Waals surface area contributed by atoms with Crippen LogP contribution in [0.1, 0.15) is 24.0 Å². The van der Waals surface area contributed by atoms with Gasteiger partial charge in [-0.15, -0.1) is 0 Å². The topological polar surface area (TPSA) is 108 Å². The number of aryl methyl sites for hydroxylation is 1. The highest BCUT2D eigenvalue weighted by Crippen LogP contribution is 2.33. The molecule has 0 aliphatic carbocycles. The van der Waals surface area contributed by atoms with Gasteiger partial charge in [0, 0.05) is 43.4 Å². The first-order chi connectivity index (χ1) is 15.2. The monoisotopic (exact) mass is 445 g/mol. The lowest BCUT2D eigenvalue weighted by Crippen LogP contribution is -2.46. The van der Waals surface area contributed by atoms with Gasteiger partial charge in [0.15, 0.2) is 0 Å². The summed E-state index contributed by atoms with van der Waals surface area (Å²) in [5, 5.41) is 15.7. The van der Waals surface area contributed by atoms with Crippen molar-refractivity contribution in [3.05, 3.63) is 59.2 Å². The molecule has 3 N–H and O–H groups in total. The Morgan fingerprint density at radius 3 is 2.66 bits per heavy atom. The highest BCUT2D eigenvalue weighted by atomic mass is 19.1. The maximum atomic E-state index is 13.2. The number of halogens is 2. The lowest BCUT2D eigenvalue weighted by Gasteiger charge is -2.24. The number of fused-ring (bicyclic) bond motifs is 1. The van der Waals surface area contributed by atoms with Gasteiger partial charge in [-0.25, -0.2) is 13.6 Å². The number of hydrogen-bond acceptors (Lipinski definition) is 5. The number of hydrogen-bond donors (Lipinski definition) is 3. The highest BCUT2D eigenvalue weighted by molar-refractivity contribution is 6.02. The van der Waals surface area contributed by atoms with Crippen molar-refractivity contribution in [3.8, 4) is 0 Å². The number of rotatable bonds is 5. The Hall–Kier alpha value is -3.53. The number of amides is 3. The zero-order valence-corrected chi connectivity index (χ0v) is 17.0. The minimum absolute atomic E-state index is 0.00768. The van der Waals surface area contributed by atoms with E-state index < -0.39 is 29.4 Å². The van der Waals surface area contributed by atoms with Gasteiger partial charge in [0.1, 0.15) is 11.6 Å². The lowest BCUT2D eigenvalue weighted by molar-refractivity contribution is -0.175. The van der Waals surface area contributed by atoms with E-state index in [1.54, 1.807) is 18.2 Å². The van der Waals surface area contributed by atoms with Crippen molar-refractivity contribution in [2.45, 2.75) is 31.5 Å². The molecule has 1 atom stereocenters. The van der Waals surface area contributed by atoms with Crippen molar-refractivity contribution < 1.29 is 33.0 Å². The van der Waals surface area contributed by atoms with Gasteiger partial charge in [-0.05, 0) is 54.3 Å². The lowest BCUT2D eigenvalue weighted by atomic mass is 10.0. The van der Waals surface area contributed by atoms with Crippen molar-refractivity contribution in [2.24, 2.45) is 0 Å². The molecule has 1 fully saturated rings. The first-order valence-electron chi connectivity index (χ1n) is 10.1. The molecule has 0 aromatic heterocycles. The molecule has 0 radical (unpaired) electrons. The van der Waals surface area contributed by atoms with Crippen LogP contribution in [0.2, 0.25) is 0 Å². The molecular weight excluding hydrogens is 424 g/mol. The van der Waals surface area contributed by atoms with E-state index in [9.17, 15) is 28.3 Å². The molecule has 1 saturated heterocycles. The van der Waals surface area contributed by atoms with Crippen LogP contribution in [0.25, 0.3) is 0 Å². The number of benzene rings is 2. The second kappa shape index (κ2) is 8.54. The van der Waals surface area contributed by atoms with E-state index >= 15 is 0 Å². The molecule has 10 heteroatoms. The van der Waals surface area contributed by atoms with E-state index in [0.29, 0.717) is 29.8 Å². The van der Waals surface area contributed by atoms with Gasteiger partial charge in [-0.1, -0.05) is 0 Å². The number of ether oxygens (including phenoxy) is 1. The maximum Gasteiger partial charge on any atom is 0.410 e. The van der Waals surface area contributed by atoms with Crippen LogP contribution in [0.15, 0.2) is 36.4 Å². The first-order valence-corrected chi connectivity index (χ1v) is 10.1. The Morgan fingerprint density at radius 2 is 1.91 bits per heavy atom. The van der Waals surface area contributed by atoms with E-state index in [1.807, 2.05) is 0 Å². The summed E-state index contributed by atoms with van der Waals surface area (Å²) in [5.41, 5.74) is 2.42. The smallest absolute Gasteiger partial charge is 0.407 e. The zero-order chi connectivity index (χ0) is 22.9. The van der Waals surface area contributed by atoms with E-state index in [2.05, 4.69) is 10.6 Å². The number of carbonyl (C=O) groups is 3. The summed E-state index contributed by atoms with van der Waals surface area (Å²) in [5.74, 6) is -4.62. The van der Waals surface area contributed by atoms with E-state index in [1.165, 1.54) is 4.90 Å². The summed E-state index contributed by atoms with van der Waals surface area (Å²) in [7, 11) is 0. The summed E-state index contributed by atoms with van der Waals surface area (Å²) >= 11 is 0. The third-order valence-corrected chi connectivity index (χ3v) is 5.42. The molecule has 0 unspecified atom stereocenters. The van der Waals surface area contributed by atoms with Gasteiger partial charge in [0.2, 0.25) is 5.91 Å². The molecule has 0 spiro atoms. The van der Waals surface area contributed by atoms with Crippen LogP contribution in [-0.4, -0.2) is 41.9 Å². The molecule has 2 heterocycles. The van der Waals surface area contributed by atoms with Crippen LogP contribution in [0, 0.1) is 11.6 Å². The second-order valence-corrected chi connectivity index (χ2v) is 7.72. The van der Waals surface area contributed by atoms with Gasteiger partial charge in [-0.3, -0.25) is 9.59 Å². The molecule has 0 bridgehead atoms. The van der Waals surface area contributed by atoms with Crippen molar-refractivity contribution in [1.29, 1.82) is 0 Å². The van der Waals surface area contributed by atoms with Crippen LogP contribution < -0.4 is 15.5 Å². The Morgan fingerprint density at radius 1 is 1.16 bits per heavy atom. The molecule has 2 aromatic carbocycles. The fourth-order valence-electron chi connectivity index (χ4n) is 3.82. The fraction of sp³-hybridized carbons (Fsp3) is 0.318. The van der Waals surface area contributed by atoms with Gasteiger partial charge in [0.25, 0.3) is 11.7 Å². The second-order valence-electron chi connectivity index (χ2n) is 7.72. The minimum atomic E-state index is -2.32. The zero-order valence-electron chi connectivity index (χ0n) is 17.0. The van der Waals surface area contributed by atoms with Gasteiger partial charge in [0.05, 0.1) is 0 Å². The summed E-state index contributed by atoms with van der Waals surface area (Å²) < 4.78 is 31.4. The number of carbonyl (C=O) groups excluding carboxylic acids is 3. The number of aliphatic hydroxyl groups is 1. The van der Waals surface area contributed by atoms with Gasteiger partial charge >= 0.3 is 6.09 Å². The number of nitrogens with one attached hydrogen (secondary N) is 2. The van der Waals surface area contributed by atoms with Crippen LogP contribution in [-0.2, 0) is 27.2 Å². The van der Waals surface area contributed by atoms with E-state index in [4.69, 9.17) is 4.74 Å². The molecule has 4 rings (SSSR count). The average molecular weight is 445 g/mol. The largest absolute Gasteiger partial charge is 0.410 e. The van der Waals surface area contributed by atoms with Crippen molar-refractivity contribution in [1.82, 2.24) is 5.32 Å². The van der Waals surface area contributed by atoms with Gasteiger partial charge in [-0.2, -0.15) is 0 Å². The molecule has 2 aromatic rings. The van der Waals surface area contributed by atoms with Crippen LogP contribution in [0.4, 0.5) is 25.0 Å². The third-order valence-electron chi connectivity index (χ3n) is 5.42. The predicted molar refractivity (Wildman–Crippen MR) is 110 cm³/mol. The quantitative estimate of drug-likeness (QED) is 0.612. The number of alkyl carbamates (subject to hydrolysis) is 1. The van der Waals surface area contributed by atoms with E-state index in [0.717, 1.165) is 23.8 Å². The van der Waals surface area contributed by atoms with Crippen molar-refractivity contribution in [3.63, 3.8) is 0 Å². The molecule has 2 aliphatic heterocycles. The molecular formula is C22H21F2N3O5. The highest BCUT2D eigenvalue weighted by Gasteiger charge is 2.49. The van der Waals surface area contributed by atoms with Crippen LogP contribution in [0.3, 0.4) is 0 Å². The van der Waals surface area contributed by atoms with Crippen molar-refractivity contribution >= 4 is 29.3 Å². The third kappa shape index (κ3) is 4.54. The molecule has 168 valence electrons. The number of anilines is 2. The van der Waals surface area contributed by atoms with Gasteiger partial charge < -0.3 is 25.4 Å². The van der Waals surface area contributed by atoms with Crippen molar-refractivity contribution in [2.75, 3.05) is 23.3 Å². The molecule has 8 nitrogen and oxygen atoms in total. The Bertz CT molecular complexity index is 1070. The fourth-order valence-corrected chi connectivity index (χ4v) is 3.82. The SMILES string of the molecule is O=C1CCc2cc(N3CC[C@](O)(OC(=O)NCCc4cc(F)cc(F)c4)C3=O)ccc2N1. The normalized spacial score (nSPS) is 20.0. The van der Waals surface area contributed by atoms with Crippen LogP contribution >= 0.6 is 0 Å². The predicted octanol–water partition coefficient (Wildman–Crippen LogP) is 2.24. The Kier molecular flexibility index (Phi) is 5.79. The standard InChI is InChI=1S/C22H21F2N3O5/c23-15-9-13(10-16(24)12-15)5-7-25-21(30)32-22(31)6-8-27(20(22)29)17-2-3-18-14(11-17)1-4-19(28)26-18/h2-3,9-12,31H,1,4-8H2,(H,25,30)(H,26,28)/t22-/m0/s1. The summed E-state index contributed by atoms with van der Waals surface area (Å²) in [6.07, 6.45) is -0.126.